The topological polar surface area (TPSA) is 99.2 Å². The normalized spacial score (nSPS) is 21.6. The fraction of sp³-hybridized carbons (Fsp3) is 0.750. The maximum atomic E-state index is 14.4. The highest BCUT2D eigenvalue weighted by Gasteiger charge is 2.51. The second-order valence-electron chi connectivity index (χ2n) is 13.5. The first-order chi connectivity index (χ1) is 22.0. The SMILES string of the molecule is CC[Si](CC)(CC)O[C@H](C(=O)O[C@@H]1C[C@H](C)CC[C@H]1C(C)C)c1c(C)c2c(c(C)c1OS(=O)(=O)C(F)(F)F)CN(C(=O)C(F)(F)F)CC2. The Morgan fingerprint density at radius 2 is 1.54 bits per heavy atom. The molecule has 1 aromatic carbocycles. The first-order valence-corrected chi connectivity index (χ1v) is 20.4. The number of carbonyl (C=O) groups is 2. The van der Waals surface area contributed by atoms with E-state index in [1.54, 1.807) is 0 Å². The number of fused-ring (bicyclic) bond motifs is 1. The highest BCUT2D eigenvalue weighted by Crippen LogP contribution is 2.46. The zero-order chi connectivity index (χ0) is 36.6. The summed E-state index contributed by atoms with van der Waals surface area (Å²) in [6, 6.07) is 1.56. The lowest BCUT2D eigenvalue weighted by molar-refractivity contribution is -0.186. The molecule has 1 aliphatic carbocycles. The van der Waals surface area contributed by atoms with Crippen LogP contribution in [0.3, 0.4) is 0 Å². The first-order valence-electron chi connectivity index (χ1n) is 16.4. The van der Waals surface area contributed by atoms with Crippen molar-refractivity contribution >= 4 is 30.3 Å². The number of alkyl halides is 6. The van der Waals surface area contributed by atoms with Crippen LogP contribution in [0.15, 0.2) is 0 Å². The third-order valence-electron chi connectivity index (χ3n) is 10.3. The fourth-order valence-corrected chi connectivity index (χ4v) is 10.3. The number of carbonyl (C=O) groups excluding carboxylic acids is 2. The molecule has 1 amide bonds. The highest BCUT2D eigenvalue weighted by atomic mass is 32.2. The molecule has 0 spiro atoms. The number of hydrogen-bond acceptors (Lipinski definition) is 7. The largest absolute Gasteiger partial charge is 0.534 e. The van der Waals surface area contributed by atoms with Crippen molar-refractivity contribution in [3.05, 3.63) is 27.8 Å². The monoisotopic (exact) mass is 731 g/mol. The van der Waals surface area contributed by atoms with Crippen LogP contribution in [-0.2, 0) is 41.8 Å². The minimum absolute atomic E-state index is 0.00109. The number of rotatable bonds is 11. The molecule has 0 bridgehead atoms. The number of nitrogens with zero attached hydrogens (tertiary/aromatic N) is 1. The summed E-state index contributed by atoms with van der Waals surface area (Å²) in [6.07, 6.45) is -5.28. The molecular formula is C32H47F6NO7SSi. The Bertz CT molecular complexity index is 1450. The van der Waals surface area contributed by atoms with Gasteiger partial charge in [-0.15, -0.1) is 0 Å². The van der Waals surface area contributed by atoms with Crippen molar-refractivity contribution in [1.82, 2.24) is 4.90 Å². The predicted molar refractivity (Wildman–Crippen MR) is 169 cm³/mol. The fourth-order valence-electron chi connectivity index (χ4n) is 7.06. The summed E-state index contributed by atoms with van der Waals surface area (Å²) in [6.45, 7) is 13.3. The molecule has 1 aromatic rings. The highest BCUT2D eigenvalue weighted by molar-refractivity contribution is 7.88. The van der Waals surface area contributed by atoms with E-state index in [4.69, 9.17) is 13.3 Å². The average molecular weight is 732 g/mol. The second kappa shape index (κ2) is 14.9. The Morgan fingerprint density at radius 3 is 2.04 bits per heavy atom. The molecule has 0 saturated heterocycles. The molecule has 0 N–H and O–H groups in total. The van der Waals surface area contributed by atoms with Gasteiger partial charge in [0, 0.05) is 18.7 Å². The van der Waals surface area contributed by atoms with E-state index in [1.165, 1.54) is 13.8 Å². The summed E-state index contributed by atoms with van der Waals surface area (Å²) in [7, 11) is -9.11. The molecule has 2 aliphatic rings. The van der Waals surface area contributed by atoms with Gasteiger partial charge >= 0.3 is 33.7 Å². The molecule has 1 saturated carbocycles. The average Bonchev–Trinajstić information content (AvgIpc) is 2.99. The smallest absolute Gasteiger partial charge is 0.460 e. The van der Waals surface area contributed by atoms with Crippen molar-refractivity contribution in [2.75, 3.05) is 6.54 Å². The minimum Gasteiger partial charge on any atom is -0.460 e. The van der Waals surface area contributed by atoms with Gasteiger partial charge in [0.05, 0.1) is 0 Å². The number of esters is 1. The molecule has 1 aliphatic heterocycles. The van der Waals surface area contributed by atoms with Gasteiger partial charge in [0.15, 0.2) is 20.2 Å². The van der Waals surface area contributed by atoms with Crippen LogP contribution in [-0.4, -0.2) is 57.8 Å². The lowest BCUT2D eigenvalue weighted by Crippen LogP contribution is -2.44. The number of ether oxygens (including phenoxy) is 1. The number of hydrogen-bond donors (Lipinski definition) is 0. The number of halogens is 6. The lowest BCUT2D eigenvalue weighted by Gasteiger charge is -2.39. The van der Waals surface area contributed by atoms with Crippen molar-refractivity contribution in [2.24, 2.45) is 17.8 Å². The maximum Gasteiger partial charge on any atom is 0.534 e. The zero-order valence-corrected chi connectivity index (χ0v) is 30.5. The first kappa shape index (κ1) is 40.1. The molecule has 1 heterocycles. The van der Waals surface area contributed by atoms with E-state index in [-0.39, 0.29) is 53.0 Å². The minimum atomic E-state index is -6.32. The van der Waals surface area contributed by atoms with Crippen LogP contribution in [0.25, 0.3) is 0 Å². The van der Waals surface area contributed by atoms with Gasteiger partial charge in [-0.25, -0.2) is 4.79 Å². The zero-order valence-electron chi connectivity index (χ0n) is 28.7. The van der Waals surface area contributed by atoms with Crippen LogP contribution >= 0.6 is 0 Å². The van der Waals surface area contributed by atoms with E-state index in [2.05, 4.69) is 0 Å². The summed E-state index contributed by atoms with van der Waals surface area (Å²) in [5.41, 5.74) is -5.87. The molecule has 4 atom stereocenters. The van der Waals surface area contributed by atoms with Gasteiger partial charge in [0.2, 0.25) is 0 Å². The Balaban J connectivity index is 2.32. The third-order valence-corrected chi connectivity index (χ3v) is 15.8. The Kier molecular flexibility index (Phi) is 12.4. The van der Waals surface area contributed by atoms with Gasteiger partial charge < -0.3 is 18.2 Å². The second-order valence-corrected chi connectivity index (χ2v) is 19.7. The quantitative estimate of drug-likeness (QED) is 0.0747. The lowest BCUT2D eigenvalue weighted by atomic mass is 9.75. The predicted octanol–water partition coefficient (Wildman–Crippen LogP) is 8.05. The molecular weight excluding hydrogens is 684 g/mol. The molecule has 1 fully saturated rings. The van der Waals surface area contributed by atoms with Gasteiger partial charge in [-0.05, 0) is 91.2 Å². The van der Waals surface area contributed by atoms with Gasteiger partial charge in [-0.2, -0.15) is 34.8 Å². The molecule has 0 radical (unpaired) electrons. The van der Waals surface area contributed by atoms with Crippen molar-refractivity contribution in [3.8, 4) is 5.75 Å². The van der Waals surface area contributed by atoms with Crippen LogP contribution in [0.4, 0.5) is 26.3 Å². The van der Waals surface area contributed by atoms with Crippen LogP contribution in [0, 0.1) is 31.6 Å². The summed E-state index contributed by atoms with van der Waals surface area (Å²) >= 11 is 0. The van der Waals surface area contributed by atoms with E-state index in [0.717, 1.165) is 12.8 Å². The Morgan fingerprint density at radius 1 is 0.958 bits per heavy atom. The van der Waals surface area contributed by atoms with Crippen molar-refractivity contribution < 1.29 is 57.7 Å². The summed E-state index contributed by atoms with van der Waals surface area (Å²) in [5, 5.41) is 0. The van der Waals surface area contributed by atoms with Crippen molar-refractivity contribution in [2.45, 2.75) is 130 Å². The van der Waals surface area contributed by atoms with E-state index in [1.807, 2.05) is 41.5 Å². The van der Waals surface area contributed by atoms with Crippen LogP contribution < -0.4 is 4.18 Å². The van der Waals surface area contributed by atoms with Crippen LogP contribution in [0.1, 0.15) is 94.7 Å². The van der Waals surface area contributed by atoms with Crippen molar-refractivity contribution in [3.63, 3.8) is 0 Å². The van der Waals surface area contributed by atoms with Gasteiger partial charge in [-0.1, -0.05) is 48.0 Å². The van der Waals surface area contributed by atoms with E-state index in [0.29, 0.717) is 35.0 Å². The van der Waals surface area contributed by atoms with Gasteiger partial charge in [0.1, 0.15) is 6.10 Å². The molecule has 0 aromatic heterocycles. The van der Waals surface area contributed by atoms with E-state index >= 15 is 0 Å². The van der Waals surface area contributed by atoms with Gasteiger partial charge in [-0.3, -0.25) is 4.79 Å². The van der Waals surface area contributed by atoms with Gasteiger partial charge in [0.25, 0.3) is 0 Å². The van der Waals surface area contributed by atoms with Crippen LogP contribution in [0.5, 0.6) is 5.75 Å². The number of benzene rings is 1. The number of amides is 1. The van der Waals surface area contributed by atoms with E-state index in [9.17, 15) is 44.3 Å². The molecule has 16 heteroatoms. The standard InChI is InChI=1S/C32H47F6NO7SSi/c1-9-48(10-2,11-3)46-28(29(40)44-25-16-19(6)12-13-22(25)18(4)5)26-20(7)23-14-15-39(30(41)31(33,34)35)17-24(23)21(8)27(26)45-47(42,43)32(36,37)38/h18-19,22,25,28H,9-17H2,1-8H3/t19-,22+,25-,28+/m1/s1. The summed E-state index contributed by atoms with van der Waals surface area (Å²) in [5.74, 6) is -3.52. The molecule has 274 valence electrons. The Labute approximate surface area is 280 Å². The molecule has 48 heavy (non-hydrogen) atoms. The van der Waals surface area contributed by atoms with Crippen LogP contribution in [0.2, 0.25) is 18.1 Å². The summed E-state index contributed by atoms with van der Waals surface area (Å²) in [4.78, 5) is 27.0. The Hall–Kier alpha value is -2.33. The molecule has 3 rings (SSSR count). The third kappa shape index (κ3) is 8.33. The van der Waals surface area contributed by atoms with Crippen molar-refractivity contribution in [1.29, 1.82) is 0 Å². The maximum absolute atomic E-state index is 14.4. The molecule has 8 nitrogen and oxygen atoms in total. The van der Waals surface area contributed by atoms with E-state index < -0.39 is 66.5 Å². The summed E-state index contributed by atoms with van der Waals surface area (Å²) < 4.78 is 124. The molecule has 0 unspecified atom stereocenters.